The van der Waals surface area contributed by atoms with Crippen LogP contribution in [0.3, 0.4) is 0 Å². The zero-order valence-electron chi connectivity index (χ0n) is 26.4. The van der Waals surface area contributed by atoms with Crippen LogP contribution in [0.1, 0.15) is 5.69 Å². The second-order valence-corrected chi connectivity index (χ2v) is 12.6. The lowest BCUT2D eigenvalue weighted by Gasteiger charge is -2.20. The molecule has 10 rings (SSSR count). The van der Waals surface area contributed by atoms with Crippen molar-refractivity contribution in [1.82, 2.24) is 14.4 Å². The van der Waals surface area contributed by atoms with Gasteiger partial charge in [0.15, 0.2) is 0 Å². The molecule has 0 fully saturated rings. The summed E-state index contributed by atoms with van der Waals surface area (Å²) >= 11 is 0. The third-order valence-electron chi connectivity index (χ3n) is 10.00. The van der Waals surface area contributed by atoms with Crippen molar-refractivity contribution in [3.8, 4) is 66.9 Å². The highest BCUT2D eigenvalue weighted by molar-refractivity contribution is 6.28. The molecule has 0 spiro atoms. The minimum Gasteiger partial charge on any atom is -0.287 e. The Balaban J connectivity index is 1.27. The highest BCUT2D eigenvalue weighted by atomic mass is 15.1. The summed E-state index contributed by atoms with van der Waals surface area (Å²) in [7, 11) is 0. The molecule has 2 aromatic heterocycles. The van der Waals surface area contributed by atoms with Crippen LogP contribution in [0.4, 0.5) is 0 Å². The van der Waals surface area contributed by atoms with Crippen LogP contribution in [0.5, 0.6) is 0 Å². The third-order valence-corrected chi connectivity index (χ3v) is 10.00. The maximum atomic E-state index is 4.90. The average Bonchev–Trinajstić information content (AvgIpc) is 3.67. The molecule has 0 amide bonds. The number of benzene rings is 7. The van der Waals surface area contributed by atoms with Crippen molar-refractivity contribution in [2.24, 2.45) is 0 Å². The lowest BCUT2D eigenvalue weighted by atomic mass is 9.82. The van der Waals surface area contributed by atoms with Gasteiger partial charge < -0.3 is 0 Å². The van der Waals surface area contributed by atoms with E-state index in [0.717, 1.165) is 22.5 Å². The molecule has 3 heteroatoms. The lowest BCUT2D eigenvalue weighted by Crippen LogP contribution is -1.93. The van der Waals surface area contributed by atoms with Crippen molar-refractivity contribution in [3.63, 3.8) is 0 Å². The second kappa shape index (κ2) is 10.3. The van der Waals surface area contributed by atoms with Crippen LogP contribution >= 0.6 is 0 Å². The van der Waals surface area contributed by atoms with E-state index in [2.05, 4.69) is 157 Å². The van der Waals surface area contributed by atoms with Crippen molar-refractivity contribution >= 4 is 27.3 Å². The summed E-state index contributed by atoms with van der Waals surface area (Å²) in [4.78, 5) is 9.77. The highest BCUT2D eigenvalue weighted by Gasteiger charge is 2.31. The minimum absolute atomic E-state index is 0.708. The molecule has 48 heavy (non-hydrogen) atoms. The van der Waals surface area contributed by atoms with E-state index in [1.54, 1.807) is 0 Å². The van der Waals surface area contributed by atoms with Gasteiger partial charge in [0.25, 0.3) is 0 Å². The van der Waals surface area contributed by atoms with Gasteiger partial charge in [-0.3, -0.25) is 4.40 Å². The Morgan fingerprint density at radius 2 is 0.958 bits per heavy atom. The van der Waals surface area contributed by atoms with Crippen molar-refractivity contribution < 1.29 is 0 Å². The maximum absolute atomic E-state index is 4.90. The molecule has 2 heterocycles. The summed E-state index contributed by atoms with van der Waals surface area (Å²) in [6.07, 6.45) is 4.17. The molecule has 3 nitrogen and oxygen atoms in total. The van der Waals surface area contributed by atoms with Gasteiger partial charge in [-0.05, 0) is 78.5 Å². The summed E-state index contributed by atoms with van der Waals surface area (Å²) in [5.41, 5.74) is 15.6. The van der Waals surface area contributed by atoms with E-state index in [1.807, 2.05) is 12.3 Å². The monoisotopic (exact) mass is 611 g/mol. The van der Waals surface area contributed by atoms with Gasteiger partial charge in [-0.2, -0.15) is 0 Å². The van der Waals surface area contributed by atoms with Crippen LogP contribution in [0.25, 0.3) is 94.2 Å². The van der Waals surface area contributed by atoms with Gasteiger partial charge in [0.2, 0.25) is 5.78 Å². The predicted molar refractivity (Wildman–Crippen MR) is 199 cm³/mol. The number of fused-ring (bicyclic) bond motifs is 5. The molecule has 1 aliphatic carbocycles. The molecule has 0 saturated carbocycles. The fraction of sp³-hybridized carbons (Fsp3) is 0.0222. The molecule has 0 aliphatic heterocycles. The molecule has 0 saturated heterocycles. The summed E-state index contributed by atoms with van der Waals surface area (Å²) < 4.78 is 2.13. The molecule has 7 aromatic carbocycles. The van der Waals surface area contributed by atoms with Gasteiger partial charge in [0.05, 0.1) is 5.69 Å². The largest absolute Gasteiger partial charge is 0.287 e. The quantitative estimate of drug-likeness (QED) is 0.198. The van der Waals surface area contributed by atoms with E-state index in [4.69, 9.17) is 9.97 Å². The standard InChI is InChI=1S/C45H29N3/c1-28-44(31-18-9-4-10-19-31)47-45-46-26-32(27-48(28)45)33-24-25-38-41-34(33)22-13-23-37(41)42-39(29-14-5-2-6-15-29)35-20-11-12-21-36(35)40(43(38)42)30-16-7-3-8-17-30/h2-27H,1H3. The Kier molecular flexibility index (Phi) is 5.79. The Morgan fingerprint density at radius 1 is 0.438 bits per heavy atom. The van der Waals surface area contributed by atoms with Gasteiger partial charge in [0.1, 0.15) is 0 Å². The Bertz CT molecular complexity index is 2620. The number of aromatic nitrogens is 3. The van der Waals surface area contributed by atoms with Gasteiger partial charge in [-0.25, -0.2) is 9.97 Å². The average molecular weight is 612 g/mol. The number of imidazole rings is 1. The molecule has 0 unspecified atom stereocenters. The fourth-order valence-electron chi connectivity index (χ4n) is 7.91. The fourth-order valence-corrected chi connectivity index (χ4v) is 7.91. The van der Waals surface area contributed by atoms with Crippen LogP contribution in [0, 0.1) is 6.92 Å². The van der Waals surface area contributed by atoms with Crippen molar-refractivity contribution in [2.75, 3.05) is 0 Å². The Labute approximate surface area is 278 Å². The SMILES string of the molecule is Cc1c(-c2ccccc2)nc2ncc(-c3ccc4c5c(cccc35)-c3c-4c(-c4ccccc4)c4ccccc4c3-c3ccccc3)cn12. The van der Waals surface area contributed by atoms with E-state index in [1.165, 1.54) is 71.6 Å². The van der Waals surface area contributed by atoms with Gasteiger partial charge in [0, 0.05) is 29.2 Å². The number of rotatable bonds is 4. The molecule has 224 valence electrons. The Hall–Kier alpha value is -6.32. The summed E-state index contributed by atoms with van der Waals surface area (Å²) in [5, 5.41) is 5.06. The predicted octanol–water partition coefficient (Wildman–Crippen LogP) is 11.7. The second-order valence-electron chi connectivity index (χ2n) is 12.6. The number of hydrogen-bond acceptors (Lipinski definition) is 2. The number of nitrogens with zero attached hydrogens (tertiary/aromatic N) is 3. The molecule has 0 N–H and O–H groups in total. The van der Waals surface area contributed by atoms with Gasteiger partial charge in [-0.15, -0.1) is 0 Å². The van der Waals surface area contributed by atoms with E-state index in [-0.39, 0.29) is 0 Å². The molecular formula is C45H29N3. The van der Waals surface area contributed by atoms with E-state index < -0.39 is 0 Å². The third kappa shape index (κ3) is 3.82. The molecular weight excluding hydrogens is 583 g/mol. The van der Waals surface area contributed by atoms with Crippen LogP contribution in [-0.4, -0.2) is 14.4 Å². The van der Waals surface area contributed by atoms with Crippen LogP contribution in [0.15, 0.2) is 158 Å². The molecule has 0 bridgehead atoms. The first-order chi connectivity index (χ1) is 23.8. The van der Waals surface area contributed by atoms with E-state index in [9.17, 15) is 0 Å². The zero-order valence-corrected chi connectivity index (χ0v) is 26.4. The first-order valence-corrected chi connectivity index (χ1v) is 16.4. The van der Waals surface area contributed by atoms with Crippen molar-refractivity contribution in [2.45, 2.75) is 6.92 Å². The molecule has 0 radical (unpaired) electrons. The zero-order chi connectivity index (χ0) is 31.8. The minimum atomic E-state index is 0.708. The topological polar surface area (TPSA) is 30.2 Å². The summed E-state index contributed by atoms with van der Waals surface area (Å²) in [6, 6.07) is 52.5. The van der Waals surface area contributed by atoms with E-state index in [0.29, 0.717) is 5.78 Å². The smallest absolute Gasteiger partial charge is 0.234 e. The normalized spacial score (nSPS) is 11.9. The van der Waals surface area contributed by atoms with Gasteiger partial charge >= 0.3 is 0 Å². The summed E-state index contributed by atoms with van der Waals surface area (Å²) in [6.45, 7) is 2.12. The molecule has 1 aliphatic rings. The molecule has 0 atom stereocenters. The lowest BCUT2D eigenvalue weighted by molar-refractivity contribution is 1.07. The molecule has 9 aromatic rings. The first-order valence-electron chi connectivity index (χ1n) is 16.4. The van der Waals surface area contributed by atoms with Crippen LogP contribution in [0.2, 0.25) is 0 Å². The number of aryl methyl sites for hydroxylation is 1. The first kappa shape index (κ1) is 26.9. The van der Waals surface area contributed by atoms with E-state index >= 15 is 0 Å². The summed E-state index contributed by atoms with van der Waals surface area (Å²) in [5.74, 6) is 0.708. The van der Waals surface area contributed by atoms with Gasteiger partial charge in [-0.1, -0.05) is 146 Å². The highest BCUT2D eigenvalue weighted by Crippen LogP contribution is 2.58. The van der Waals surface area contributed by atoms with Crippen molar-refractivity contribution in [3.05, 3.63) is 164 Å². The Morgan fingerprint density at radius 3 is 1.58 bits per heavy atom. The van der Waals surface area contributed by atoms with Crippen molar-refractivity contribution in [1.29, 1.82) is 0 Å². The maximum Gasteiger partial charge on any atom is 0.234 e. The van der Waals surface area contributed by atoms with Crippen LogP contribution < -0.4 is 0 Å². The van der Waals surface area contributed by atoms with Crippen LogP contribution in [-0.2, 0) is 0 Å². The number of hydrogen-bond donors (Lipinski definition) is 0.